The molecule has 1 amide bonds. The van der Waals surface area contributed by atoms with E-state index < -0.39 is 85.8 Å². The van der Waals surface area contributed by atoms with E-state index in [0.717, 1.165) is 25.1 Å². The average molecular weight is 674 g/mol. The van der Waals surface area contributed by atoms with Gasteiger partial charge < -0.3 is 5.32 Å². The van der Waals surface area contributed by atoms with Crippen molar-refractivity contribution >= 4 is 50.8 Å². The number of carbonyl (C=O) groups is 1. The average Bonchev–Trinajstić information content (AvgIpc) is 2.80. The molecule has 0 saturated heterocycles. The lowest BCUT2D eigenvalue weighted by molar-refractivity contribution is -0.140. The van der Waals surface area contributed by atoms with E-state index in [4.69, 9.17) is 23.2 Å². The number of hydrogen-bond donors (Lipinski definition) is 1. The van der Waals surface area contributed by atoms with Crippen LogP contribution in [-0.2, 0) is 16.0 Å². The van der Waals surface area contributed by atoms with Crippen LogP contribution < -0.4 is 5.32 Å². The predicted molar refractivity (Wildman–Crippen MR) is 138 cm³/mol. The number of rotatable bonds is 9. The smallest absolute Gasteiger partial charge is 0.349 e. The molecule has 2 rings (SSSR count). The van der Waals surface area contributed by atoms with Crippen LogP contribution in [0.15, 0.2) is 43.0 Å². The van der Waals surface area contributed by atoms with Crippen LogP contribution in [0.5, 0.6) is 0 Å². The molecule has 42 heavy (non-hydrogen) atoms. The lowest BCUT2D eigenvalue weighted by atomic mass is 9.94. The molecule has 1 unspecified atom stereocenters. The van der Waals surface area contributed by atoms with Gasteiger partial charge >= 0.3 is 18.5 Å². The summed E-state index contributed by atoms with van der Waals surface area (Å²) in [7, 11) is -4.81. The highest BCUT2D eigenvalue weighted by Gasteiger charge is 2.41. The first-order valence-electron chi connectivity index (χ1n) is 11.3. The molecule has 2 aromatic rings. The standard InChI is InChI=1S/C25H19Cl2F10NO3S/c1-3-13-6-15(8-19(26)21(13)27)17(24(32,33)34)9-20(28)14-4-5-16(18(7-14)25(35,36)37)22(39)38-12(2)10-42(40,41)11-23(29,30)31/h3-9,12,17H,1,10-11H2,2H3,(H,38,39)/b20-9-/t12-,17?/m1/s1. The number of amides is 1. The Morgan fingerprint density at radius 2 is 1.62 bits per heavy atom. The number of benzene rings is 2. The molecular formula is C25H19Cl2F10NO3S. The number of hydrogen-bond acceptors (Lipinski definition) is 3. The zero-order valence-electron chi connectivity index (χ0n) is 21.0. The van der Waals surface area contributed by atoms with E-state index in [1.165, 1.54) is 0 Å². The Hall–Kier alpha value is -2.78. The maximum atomic E-state index is 15.1. The predicted octanol–water partition coefficient (Wildman–Crippen LogP) is 8.41. The van der Waals surface area contributed by atoms with Crippen LogP contribution in [0, 0.1) is 0 Å². The fraction of sp³-hybridized carbons (Fsp3) is 0.320. The van der Waals surface area contributed by atoms with Crippen molar-refractivity contribution in [3.05, 3.63) is 80.8 Å². The zero-order valence-corrected chi connectivity index (χ0v) is 23.3. The van der Waals surface area contributed by atoms with Crippen LogP contribution in [0.2, 0.25) is 10.0 Å². The minimum atomic E-state index is -5.36. The normalized spacial score (nSPS) is 14.8. The van der Waals surface area contributed by atoms with E-state index in [2.05, 4.69) is 6.58 Å². The monoisotopic (exact) mass is 673 g/mol. The molecule has 2 atom stereocenters. The van der Waals surface area contributed by atoms with Gasteiger partial charge in [0.2, 0.25) is 0 Å². The van der Waals surface area contributed by atoms with E-state index in [-0.39, 0.29) is 27.8 Å². The molecule has 0 bridgehead atoms. The minimum Gasteiger partial charge on any atom is -0.349 e. The molecule has 2 aromatic carbocycles. The number of carbonyl (C=O) groups excluding carboxylic acids is 1. The van der Waals surface area contributed by atoms with Gasteiger partial charge in [0.25, 0.3) is 5.91 Å². The Balaban J connectivity index is 2.49. The summed E-state index contributed by atoms with van der Waals surface area (Å²) in [5.41, 5.74) is -4.64. The van der Waals surface area contributed by atoms with Crippen LogP contribution in [0.4, 0.5) is 43.9 Å². The number of nitrogens with one attached hydrogen (secondary N) is 1. The third-order valence-corrected chi connectivity index (χ3v) is 8.03. The minimum absolute atomic E-state index is 0.00471. The van der Waals surface area contributed by atoms with Gasteiger partial charge in [-0.15, -0.1) is 0 Å². The molecule has 0 aliphatic carbocycles. The van der Waals surface area contributed by atoms with Crippen molar-refractivity contribution in [1.29, 1.82) is 0 Å². The summed E-state index contributed by atoms with van der Waals surface area (Å²) in [5.74, 6) is -9.54. The zero-order chi connectivity index (χ0) is 32.4. The maximum Gasteiger partial charge on any atom is 0.417 e. The second-order valence-electron chi connectivity index (χ2n) is 8.95. The largest absolute Gasteiger partial charge is 0.417 e. The second kappa shape index (κ2) is 12.8. The SMILES string of the molecule is C=Cc1cc(C(/C=C(\F)c2ccc(C(=O)N[C@H](C)CS(=O)(=O)CC(F)(F)F)c(C(F)(F)F)c2)C(F)(F)F)cc(Cl)c1Cl. The van der Waals surface area contributed by atoms with E-state index in [0.29, 0.717) is 12.1 Å². The van der Waals surface area contributed by atoms with Crippen LogP contribution in [0.3, 0.4) is 0 Å². The summed E-state index contributed by atoms with van der Waals surface area (Å²) in [6.07, 6.45) is -14.5. The Kier molecular flexibility index (Phi) is 10.8. The number of halogens is 12. The molecule has 0 fully saturated rings. The summed E-state index contributed by atoms with van der Waals surface area (Å²) in [6, 6.07) is 1.18. The van der Waals surface area contributed by atoms with Crippen molar-refractivity contribution in [1.82, 2.24) is 5.32 Å². The van der Waals surface area contributed by atoms with Gasteiger partial charge in [-0.3, -0.25) is 4.79 Å². The summed E-state index contributed by atoms with van der Waals surface area (Å²) < 4.78 is 159. The lowest BCUT2D eigenvalue weighted by Gasteiger charge is -2.20. The highest BCUT2D eigenvalue weighted by atomic mass is 35.5. The fourth-order valence-electron chi connectivity index (χ4n) is 3.74. The summed E-state index contributed by atoms with van der Waals surface area (Å²) in [6.45, 7) is 4.30. The van der Waals surface area contributed by atoms with Gasteiger partial charge in [-0.1, -0.05) is 41.9 Å². The van der Waals surface area contributed by atoms with Gasteiger partial charge in [0.15, 0.2) is 9.84 Å². The molecule has 0 radical (unpaired) electrons. The molecule has 0 aliphatic heterocycles. The highest BCUT2D eigenvalue weighted by Crippen LogP contribution is 2.42. The Labute approximate surface area is 242 Å². The molecule has 232 valence electrons. The van der Waals surface area contributed by atoms with E-state index in [1.807, 2.05) is 5.32 Å². The third-order valence-electron chi connectivity index (χ3n) is 5.43. The van der Waals surface area contributed by atoms with E-state index >= 15 is 4.39 Å². The third kappa shape index (κ3) is 9.63. The van der Waals surface area contributed by atoms with E-state index in [1.54, 1.807) is 0 Å². The highest BCUT2D eigenvalue weighted by molar-refractivity contribution is 7.91. The number of alkyl halides is 9. The number of sulfone groups is 1. The van der Waals surface area contributed by atoms with Gasteiger partial charge in [-0.25, -0.2) is 12.8 Å². The molecule has 0 spiro atoms. The Morgan fingerprint density at radius 1 is 1.02 bits per heavy atom. The Bertz CT molecular complexity index is 1480. The first-order chi connectivity index (χ1) is 18.9. The van der Waals surface area contributed by atoms with Crippen LogP contribution >= 0.6 is 23.2 Å². The molecular weight excluding hydrogens is 655 g/mol. The van der Waals surface area contributed by atoms with Gasteiger partial charge in [0, 0.05) is 11.6 Å². The first kappa shape index (κ1) is 35.4. The van der Waals surface area contributed by atoms with Crippen LogP contribution in [0.1, 0.15) is 45.5 Å². The molecule has 17 heteroatoms. The van der Waals surface area contributed by atoms with Crippen LogP contribution in [0.25, 0.3) is 11.9 Å². The summed E-state index contributed by atoms with van der Waals surface area (Å²) >= 11 is 11.7. The topological polar surface area (TPSA) is 63.2 Å². The molecule has 1 N–H and O–H groups in total. The molecule has 0 aliphatic rings. The summed E-state index contributed by atoms with van der Waals surface area (Å²) in [5, 5.41) is 1.35. The van der Waals surface area contributed by atoms with Crippen molar-refractivity contribution in [2.45, 2.75) is 37.4 Å². The fourth-order valence-corrected chi connectivity index (χ4v) is 5.62. The Morgan fingerprint density at radius 3 is 2.12 bits per heavy atom. The van der Waals surface area contributed by atoms with Gasteiger partial charge in [-0.2, -0.15) is 39.5 Å². The quantitative estimate of drug-likeness (QED) is 0.272. The van der Waals surface area contributed by atoms with Crippen molar-refractivity contribution in [2.75, 3.05) is 11.5 Å². The molecule has 0 aromatic heterocycles. The van der Waals surface area contributed by atoms with Crippen molar-refractivity contribution in [2.24, 2.45) is 0 Å². The molecule has 0 saturated carbocycles. The number of allylic oxidation sites excluding steroid dienone is 1. The van der Waals surface area contributed by atoms with Crippen molar-refractivity contribution in [3.63, 3.8) is 0 Å². The van der Waals surface area contributed by atoms with Crippen molar-refractivity contribution in [3.8, 4) is 0 Å². The molecule has 4 nitrogen and oxygen atoms in total. The van der Waals surface area contributed by atoms with E-state index in [9.17, 15) is 52.7 Å². The maximum absolute atomic E-state index is 15.1. The lowest BCUT2D eigenvalue weighted by Crippen LogP contribution is -2.40. The second-order valence-corrected chi connectivity index (χ2v) is 11.8. The van der Waals surface area contributed by atoms with Gasteiger partial charge in [0.05, 0.1) is 26.9 Å². The van der Waals surface area contributed by atoms with Crippen LogP contribution in [-0.4, -0.2) is 44.2 Å². The van der Waals surface area contributed by atoms with Gasteiger partial charge in [0.1, 0.15) is 17.5 Å². The summed E-state index contributed by atoms with van der Waals surface area (Å²) in [4.78, 5) is 12.5. The van der Waals surface area contributed by atoms with Gasteiger partial charge in [-0.05, 0) is 48.4 Å². The first-order valence-corrected chi connectivity index (χ1v) is 13.9. The van der Waals surface area contributed by atoms with Crippen molar-refractivity contribution < 1.29 is 57.1 Å². The molecule has 0 heterocycles.